The molecule has 0 aliphatic heterocycles. The van der Waals surface area contributed by atoms with Crippen LogP contribution >= 0.6 is 0 Å². The van der Waals surface area contributed by atoms with Crippen LogP contribution in [0.4, 0.5) is 0 Å². The number of hydrogen-bond donors (Lipinski definition) is 0. The van der Waals surface area contributed by atoms with Gasteiger partial charge >= 0.3 is 0 Å². The molecule has 1 aromatic rings. The summed E-state index contributed by atoms with van der Waals surface area (Å²) in [5.74, 6) is 2.60. The maximum Gasteiger partial charge on any atom is 0.0242 e. The Kier molecular flexibility index (Phi) is 6.73. The molecule has 0 N–H and O–H groups in total. The fourth-order valence-corrected chi connectivity index (χ4v) is 1.06. The lowest BCUT2D eigenvalue weighted by Gasteiger charge is -1.96. The zero-order valence-corrected chi connectivity index (χ0v) is 8.80. The molecule has 1 rings (SSSR count). The lowest BCUT2D eigenvalue weighted by molar-refractivity contribution is 0.922. The van der Waals surface area contributed by atoms with E-state index in [2.05, 4.69) is 25.0 Å². The van der Waals surface area contributed by atoms with Gasteiger partial charge in [-0.1, -0.05) is 45.2 Å². The van der Waals surface area contributed by atoms with Gasteiger partial charge in [0.05, 0.1) is 0 Å². The molecule has 0 unspecified atom stereocenters. The van der Waals surface area contributed by atoms with E-state index in [0.29, 0.717) is 0 Å². The molecule has 0 spiro atoms. The van der Waals surface area contributed by atoms with Crippen LogP contribution in [0.15, 0.2) is 24.3 Å². The van der Waals surface area contributed by atoms with Gasteiger partial charge in [0.2, 0.25) is 0 Å². The first kappa shape index (κ1) is 11.8. The van der Waals surface area contributed by atoms with Gasteiger partial charge in [-0.25, -0.2) is 0 Å². The van der Waals surface area contributed by atoms with Crippen LogP contribution in [0.3, 0.4) is 0 Å². The third kappa shape index (κ3) is 4.38. The molecule has 0 aliphatic carbocycles. The van der Waals surface area contributed by atoms with E-state index in [4.69, 9.17) is 6.42 Å². The van der Waals surface area contributed by atoms with Gasteiger partial charge in [0.15, 0.2) is 0 Å². The summed E-state index contributed by atoms with van der Waals surface area (Å²) in [5.41, 5.74) is 2.33. The van der Waals surface area contributed by atoms with Crippen molar-refractivity contribution in [1.29, 1.82) is 0 Å². The third-order valence-corrected chi connectivity index (χ3v) is 1.66. The highest BCUT2D eigenvalue weighted by atomic mass is 13.9. The van der Waals surface area contributed by atoms with E-state index in [1.165, 1.54) is 12.0 Å². The molecule has 0 atom stereocenters. The third-order valence-electron chi connectivity index (χ3n) is 1.66. The topological polar surface area (TPSA) is 0 Å². The van der Waals surface area contributed by atoms with Gasteiger partial charge in [-0.3, -0.25) is 0 Å². The predicted octanol–water partition coefficient (Wildman–Crippen LogP) is 3.65. The number of benzene rings is 1. The second-order valence-corrected chi connectivity index (χ2v) is 2.59. The lowest BCUT2D eigenvalue weighted by Crippen LogP contribution is -1.82. The summed E-state index contributed by atoms with van der Waals surface area (Å²) in [5, 5.41) is 0. The van der Waals surface area contributed by atoms with E-state index < -0.39 is 0 Å². The number of rotatable bonds is 2. The number of hydrogen-bond acceptors (Lipinski definition) is 0. The minimum absolute atomic E-state index is 0.963. The van der Waals surface area contributed by atoms with Crippen LogP contribution in [0.5, 0.6) is 0 Å². The lowest BCUT2D eigenvalue weighted by atomic mass is 10.1. The molecular weight excluding hydrogens is 156 g/mol. The quantitative estimate of drug-likeness (QED) is 0.600. The highest BCUT2D eigenvalue weighted by Gasteiger charge is 1.89. The van der Waals surface area contributed by atoms with Crippen LogP contribution in [-0.2, 0) is 6.42 Å². The summed E-state index contributed by atoms with van der Waals surface area (Å²) in [6.45, 7) is 6.18. The smallest absolute Gasteiger partial charge is 0.0242 e. The maximum absolute atomic E-state index is 5.22. The van der Waals surface area contributed by atoms with Gasteiger partial charge < -0.3 is 0 Å². The Morgan fingerprint density at radius 2 is 1.69 bits per heavy atom. The largest absolute Gasteiger partial charge is 0.115 e. The monoisotopic (exact) mass is 174 g/mol. The standard InChI is InChI=1S/C11H12.C2H6/c1-3-5-11-8-6-10(4-2)7-9-11;1-2/h2,6-9H,3,5H2,1H3;1-2H3. The van der Waals surface area contributed by atoms with Crippen molar-refractivity contribution >= 4 is 0 Å². The van der Waals surface area contributed by atoms with E-state index in [-0.39, 0.29) is 0 Å². The number of terminal acetylenes is 1. The van der Waals surface area contributed by atoms with Crippen LogP contribution in [0.25, 0.3) is 0 Å². The molecule has 70 valence electrons. The maximum atomic E-state index is 5.22. The summed E-state index contributed by atoms with van der Waals surface area (Å²) < 4.78 is 0. The Labute approximate surface area is 82.0 Å². The summed E-state index contributed by atoms with van der Waals surface area (Å²) >= 11 is 0. The average Bonchev–Trinajstić information content (AvgIpc) is 2.23. The molecule has 0 radical (unpaired) electrons. The van der Waals surface area contributed by atoms with Gasteiger partial charge in [0.1, 0.15) is 0 Å². The van der Waals surface area contributed by atoms with Crippen molar-refractivity contribution in [2.24, 2.45) is 0 Å². The minimum Gasteiger partial charge on any atom is -0.115 e. The molecule has 0 fully saturated rings. The zero-order valence-electron chi connectivity index (χ0n) is 8.80. The van der Waals surface area contributed by atoms with Crippen molar-refractivity contribution in [1.82, 2.24) is 0 Å². The second kappa shape index (κ2) is 7.43. The molecule has 0 saturated carbocycles. The van der Waals surface area contributed by atoms with E-state index in [0.717, 1.165) is 12.0 Å². The number of aryl methyl sites for hydroxylation is 1. The van der Waals surface area contributed by atoms with Gasteiger partial charge in [0.25, 0.3) is 0 Å². The van der Waals surface area contributed by atoms with Gasteiger partial charge in [-0.15, -0.1) is 6.42 Å². The molecule has 13 heavy (non-hydrogen) atoms. The minimum atomic E-state index is 0.963. The van der Waals surface area contributed by atoms with E-state index in [1.807, 2.05) is 26.0 Å². The summed E-state index contributed by atoms with van der Waals surface area (Å²) in [4.78, 5) is 0. The predicted molar refractivity (Wildman–Crippen MR) is 59.7 cm³/mol. The van der Waals surface area contributed by atoms with Crippen molar-refractivity contribution in [3.05, 3.63) is 35.4 Å². The molecule has 0 saturated heterocycles. The van der Waals surface area contributed by atoms with Gasteiger partial charge in [-0.2, -0.15) is 0 Å². The highest BCUT2D eigenvalue weighted by molar-refractivity contribution is 5.34. The van der Waals surface area contributed by atoms with Crippen LogP contribution < -0.4 is 0 Å². The first-order chi connectivity index (χ1) is 6.36. The van der Waals surface area contributed by atoms with E-state index in [1.54, 1.807) is 0 Å². The Balaban J connectivity index is 0.000000671. The molecule has 0 heterocycles. The molecule has 0 nitrogen and oxygen atoms in total. The summed E-state index contributed by atoms with van der Waals surface area (Å²) in [6, 6.07) is 8.17. The summed E-state index contributed by atoms with van der Waals surface area (Å²) in [7, 11) is 0. The molecule has 0 amide bonds. The Morgan fingerprint density at radius 3 is 2.08 bits per heavy atom. The second-order valence-electron chi connectivity index (χ2n) is 2.59. The molecular formula is C13H18. The SMILES string of the molecule is C#Cc1ccc(CCC)cc1.CC. The van der Waals surface area contributed by atoms with Crippen LogP contribution in [-0.4, -0.2) is 0 Å². The van der Waals surface area contributed by atoms with Crippen molar-refractivity contribution in [3.63, 3.8) is 0 Å². The molecule has 0 aromatic heterocycles. The first-order valence-electron chi connectivity index (χ1n) is 4.92. The molecule has 1 aromatic carbocycles. The van der Waals surface area contributed by atoms with Crippen LogP contribution in [0, 0.1) is 12.3 Å². The Hall–Kier alpha value is -1.22. The van der Waals surface area contributed by atoms with Crippen molar-refractivity contribution in [2.45, 2.75) is 33.6 Å². The zero-order chi connectivity index (χ0) is 10.1. The fourth-order valence-electron chi connectivity index (χ4n) is 1.06. The van der Waals surface area contributed by atoms with Crippen molar-refractivity contribution in [3.8, 4) is 12.3 Å². The fraction of sp³-hybridized carbons (Fsp3) is 0.385. The molecule has 0 aliphatic rings. The van der Waals surface area contributed by atoms with Crippen LogP contribution in [0.2, 0.25) is 0 Å². The summed E-state index contributed by atoms with van der Waals surface area (Å²) in [6.07, 6.45) is 7.56. The van der Waals surface area contributed by atoms with Gasteiger partial charge in [0, 0.05) is 5.56 Å². The molecule has 0 heteroatoms. The van der Waals surface area contributed by atoms with Crippen LogP contribution in [0.1, 0.15) is 38.3 Å². The molecule has 0 bridgehead atoms. The van der Waals surface area contributed by atoms with E-state index >= 15 is 0 Å². The van der Waals surface area contributed by atoms with Crippen molar-refractivity contribution < 1.29 is 0 Å². The average molecular weight is 174 g/mol. The Bertz CT molecular complexity index is 248. The Morgan fingerprint density at radius 1 is 1.15 bits per heavy atom. The first-order valence-corrected chi connectivity index (χ1v) is 4.92. The van der Waals surface area contributed by atoms with Gasteiger partial charge in [-0.05, 0) is 24.1 Å². The normalized spacial score (nSPS) is 8.15. The van der Waals surface area contributed by atoms with Crippen molar-refractivity contribution in [2.75, 3.05) is 0 Å². The highest BCUT2D eigenvalue weighted by Crippen LogP contribution is 2.04. The van der Waals surface area contributed by atoms with E-state index in [9.17, 15) is 0 Å².